The van der Waals surface area contributed by atoms with Gasteiger partial charge in [-0.25, -0.2) is 0 Å². The highest BCUT2D eigenvalue weighted by molar-refractivity contribution is 6.10. The number of ketones is 1. The molecule has 0 spiro atoms. The predicted molar refractivity (Wildman–Crippen MR) is 150 cm³/mol. The van der Waals surface area contributed by atoms with Gasteiger partial charge in [0, 0.05) is 31.4 Å². The third-order valence-electron chi connectivity index (χ3n) is 7.33. The first-order chi connectivity index (χ1) is 20.4. The molecule has 2 aromatic carbocycles. The lowest BCUT2D eigenvalue weighted by molar-refractivity contribution is -0.237. The van der Waals surface area contributed by atoms with E-state index in [2.05, 4.69) is 0 Å². The van der Waals surface area contributed by atoms with E-state index in [4.69, 9.17) is 23.7 Å². The average molecular weight is 607 g/mol. The van der Waals surface area contributed by atoms with Gasteiger partial charge in [0.1, 0.15) is 35.0 Å². The summed E-state index contributed by atoms with van der Waals surface area (Å²) in [5, 5.41) is 71.6. The molecule has 0 aliphatic carbocycles. The van der Waals surface area contributed by atoms with Crippen molar-refractivity contribution in [2.45, 2.75) is 68.6 Å². The highest BCUT2D eigenvalue weighted by atomic mass is 16.7. The van der Waals surface area contributed by atoms with Crippen molar-refractivity contribution in [3.05, 3.63) is 47.5 Å². The van der Waals surface area contributed by atoms with Crippen molar-refractivity contribution in [1.82, 2.24) is 0 Å². The van der Waals surface area contributed by atoms with Gasteiger partial charge in [0.2, 0.25) is 6.29 Å². The molecular formula is C30H38O13. The lowest BCUT2D eigenvalue weighted by atomic mass is 9.88. The van der Waals surface area contributed by atoms with E-state index in [1.807, 2.05) is 0 Å². The maximum Gasteiger partial charge on any atom is 0.202 e. The molecule has 0 saturated carbocycles. The summed E-state index contributed by atoms with van der Waals surface area (Å²) in [6, 6.07) is 6.72. The fraction of sp³-hybridized carbons (Fsp3) is 0.500. The van der Waals surface area contributed by atoms with Crippen LogP contribution in [0.25, 0.3) is 6.08 Å². The Kier molecular flexibility index (Phi) is 10.5. The molecule has 0 amide bonds. The molecule has 43 heavy (non-hydrogen) atoms. The minimum atomic E-state index is -1.29. The second kappa shape index (κ2) is 13.9. The van der Waals surface area contributed by atoms with Gasteiger partial charge in [-0.05, 0) is 30.7 Å². The van der Waals surface area contributed by atoms with Crippen LogP contribution in [0.15, 0.2) is 36.4 Å². The molecule has 4 rings (SSSR count). The van der Waals surface area contributed by atoms with Gasteiger partial charge in [0.05, 0.1) is 50.8 Å². The standard InChI is InChI=1S/C30H38O13/c1-16-11-30(38,15-31)12-19(41-16)13-40-14-26-29(37)24(36)10-27(43-26)42-18-8-22(34)28(23(35)9-18)20(32)5-3-17-4-6-25(39-2)21(33)7-17/h3-9,16,19,24,26-27,29,31,33-38H,10-15H2,1-2H3/b5-3+/t16?,19-,24?,26?,27-,29+,30?/m1/s1. The number of carbonyl (C=O) groups is 1. The van der Waals surface area contributed by atoms with Crippen molar-refractivity contribution in [2.75, 3.05) is 26.9 Å². The van der Waals surface area contributed by atoms with E-state index in [0.717, 1.165) is 18.2 Å². The number of benzene rings is 2. The quantitative estimate of drug-likeness (QED) is 0.142. The number of aliphatic hydroxyl groups is 4. The lowest BCUT2D eigenvalue weighted by Crippen LogP contribution is -2.52. The van der Waals surface area contributed by atoms with Gasteiger partial charge in [0.15, 0.2) is 17.3 Å². The number of phenols is 3. The van der Waals surface area contributed by atoms with Gasteiger partial charge >= 0.3 is 0 Å². The van der Waals surface area contributed by atoms with Crippen LogP contribution >= 0.6 is 0 Å². The number of rotatable bonds is 11. The minimum Gasteiger partial charge on any atom is -0.507 e. The molecule has 7 atom stereocenters. The number of aliphatic hydroxyl groups excluding tert-OH is 3. The summed E-state index contributed by atoms with van der Waals surface area (Å²) in [5.74, 6) is -1.76. The molecule has 0 bridgehead atoms. The third kappa shape index (κ3) is 8.15. The fourth-order valence-electron chi connectivity index (χ4n) is 5.26. The average Bonchev–Trinajstić information content (AvgIpc) is 2.93. The second-order valence-corrected chi connectivity index (χ2v) is 10.9. The molecule has 2 aromatic rings. The number of allylic oxidation sites excluding steroid dienone is 1. The number of carbonyl (C=O) groups excluding carboxylic acids is 1. The first kappa shape index (κ1) is 32.5. The summed E-state index contributed by atoms with van der Waals surface area (Å²) in [5.41, 5.74) is -1.16. The van der Waals surface area contributed by atoms with Crippen LogP contribution in [0.3, 0.4) is 0 Å². The van der Waals surface area contributed by atoms with Crippen LogP contribution in [-0.4, -0.2) is 111 Å². The van der Waals surface area contributed by atoms with E-state index in [0.29, 0.717) is 12.0 Å². The summed E-state index contributed by atoms with van der Waals surface area (Å²) in [6.45, 7) is 1.28. The molecule has 236 valence electrons. The minimum absolute atomic E-state index is 0.0478. The van der Waals surface area contributed by atoms with E-state index in [9.17, 15) is 40.5 Å². The first-order valence-corrected chi connectivity index (χ1v) is 13.8. The van der Waals surface area contributed by atoms with Crippen molar-refractivity contribution in [3.8, 4) is 28.7 Å². The summed E-state index contributed by atoms with van der Waals surface area (Å²) in [7, 11) is 1.41. The SMILES string of the molecule is COc1ccc(/C=C/C(=O)c2c(O)cc(O[C@H]3CC(O)[C@H](O)C(COC[C@H]4CC(O)(CO)CC(C)O4)O3)cc2O)cc1O. The van der Waals surface area contributed by atoms with Crippen LogP contribution in [0.5, 0.6) is 28.7 Å². The second-order valence-electron chi connectivity index (χ2n) is 10.9. The molecule has 2 fully saturated rings. The third-order valence-corrected chi connectivity index (χ3v) is 7.33. The Labute approximate surface area is 248 Å². The normalized spacial score (nSPS) is 29.4. The molecule has 13 nitrogen and oxygen atoms in total. The van der Waals surface area contributed by atoms with E-state index >= 15 is 0 Å². The Morgan fingerprint density at radius 3 is 2.42 bits per heavy atom. The number of hydrogen-bond acceptors (Lipinski definition) is 13. The fourth-order valence-corrected chi connectivity index (χ4v) is 5.26. The number of ether oxygens (including phenoxy) is 5. The topological polar surface area (TPSA) is 205 Å². The van der Waals surface area contributed by atoms with Crippen molar-refractivity contribution in [1.29, 1.82) is 0 Å². The van der Waals surface area contributed by atoms with Crippen LogP contribution < -0.4 is 9.47 Å². The van der Waals surface area contributed by atoms with Crippen molar-refractivity contribution >= 4 is 11.9 Å². The summed E-state index contributed by atoms with van der Waals surface area (Å²) >= 11 is 0. The van der Waals surface area contributed by atoms with E-state index < -0.39 is 60.2 Å². The summed E-state index contributed by atoms with van der Waals surface area (Å²) in [6.07, 6.45) is -2.57. The van der Waals surface area contributed by atoms with Gasteiger partial charge in [-0.2, -0.15) is 0 Å². The maximum absolute atomic E-state index is 12.7. The Morgan fingerprint density at radius 1 is 1.05 bits per heavy atom. The predicted octanol–water partition coefficient (Wildman–Crippen LogP) is 1.23. The zero-order chi connectivity index (χ0) is 31.3. The van der Waals surface area contributed by atoms with Gasteiger partial charge < -0.3 is 59.4 Å². The number of methoxy groups -OCH3 is 1. The largest absolute Gasteiger partial charge is 0.507 e. The van der Waals surface area contributed by atoms with Gasteiger partial charge in [-0.1, -0.05) is 12.1 Å². The molecule has 0 aromatic heterocycles. The van der Waals surface area contributed by atoms with Crippen LogP contribution in [0.2, 0.25) is 0 Å². The van der Waals surface area contributed by atoms with Crippen LogP contribution in [0, 0.1) is 0 Å². The molecule has 2 saturated heterocycles. The Morgan fingerprint density at radius 2 is 1.77 bits per heavy atom. The number of aromatic hydroxyl groups is 3. The smallest absolute Gasteiger partial charge is 0.202 e. The van der Waals surface area contributed by atoms with Crippen molar-refractivity contribution in [2.24, 2.45) is 0 Å². The van der Waals surface area contributed by atoms with E-state index in [1.54, 1.807) is 13.0 Å². The van der Waals surface area contributed by atoms with Gasteiger partial charge in [-0.3, -0.25) is 4.79 Å². The van der Waals surface area contributed by atoms with Gasteiger partial charge in [0.25, 0.3) is 0 Å². The monoisotopic (exact) mass is 606 g/mol. The van der Waals surface area contributed by atoms with Crippen LogP contribution in [0.4, 0.5) is 0 Å². The van der Waals surface area contributed by atoms with Crippen LogP contribution in [0.1, 0.15) is 42.1 Å². The van der Waals surface area contributed by atoms with Crippen molar-refractivity contribution < 1.29 is 64.2 Å². The summed E-state index contributed by atoms with van der Waals surface area (Å²) in [4.78, 5) is 12.7. The molecule has 2 aliphatic rings. The van der Waals surface area contributed by atoms with Gasteiger partial charge in [-0.15, -0.1) is 0 Å². The molecule has 4 unspecified atom stereocenters. The maximum atomic E-state index is 12.7. The van der Waals surface area contributed by atoms with Crippen LogP contribution in [-0.2, 0) is 14.2 Å². The number of phenolic OH excluding ortho intramolecular Hbond substituents is 3. The van der Waals surface area contributed by atoms with E-state index in [1.165, 1.54) is 25.3 Å². The Balaban J connectivity index is 1.36. The van der Waals surface area contributed by atoms with E-state index in [-0.39, 0.29) is 55.0 Å². The zero-order valence-electron chi connectivity index (χ0n) is 23.8. The lowest BCUT2D eigenvalue weighted by Gasteiger charge is -2.40. The molecule has 2 heterocycles. The van der Waals surface area contributed by atoms with Crippen molar-refractivity contribution in [3.63, 3.8) is 0 Å². The first-order valence-electron chi connectivity index (χ1n) is 13.8. The number of hydrogen-bond donors (Lipinski definition) is 7. The molecule has 2 aliphatic heterocycles. The zero-order valence-corrected chi connectivity index (χ0v) is 23.8. The molecule has 7 N–H and O–H groups in total. The molecule has 13 heteroatoms. The highest BCUT2D eigenvalue weighted by Crippen LogP contribution is 2.35. The Bertz CT molecular complexity index is 1270. The highest BCUT2D eigenvalue weighted by Gasteiger charge is 2.40. The molecular weight excluding hydrogens is 568 g/mol. The Hall–Kier alpha value is -3.43. The molecule has 0 radical (unpaired) electrons. The summed E-state index contributed by atoms with van der Waals surface area (Å²) < 4.78 is 27.8.